The van der Waals surface area contributed by atoms with E-state index < -0.39 is 11.6 Å². The molecule has 0 unspecified atom stereocenters. The molecule has 4 N–H and O–H groups in total. The Bertz CT molecular complexity index is 907. The molecular formula is C16H13F2N5OS. The van der Waals surface area contributed by atoms with Gasteiger partial charge < -0.3 is 16.4 Å². The first-order valence-electron chi connectivity index (χ1n) is 7.15. The molecule has 0 aliphatic heterocycles. The molecule has 0 aliphatic rings. The van der Waals surface area contributed by atoms with Gasteiger partial charge in [0.2, 0.25) is 0 Å². The van der Waals surface area contributed by atoms with Crippen molar-refractivity contribution in [3.63, 3.8) is 0 Å². The maximum absolute atomic E-state index is 13.2. The molecule has 0 bridgehead atoms. The second-order valence-electron chi connectivity index (χ2n) is 5.15. The Morgan fingerprint density at radius 3 is 2.52 bits per heavy atom. The van der Waals surface area contributed by atoms with E-state index >= 15 is 0 Å². The van der Waals surface area contributed by atoms with Crippen molar-refractivity contribution >= 4 is 39.6 Å². The summed E-state index contributed by atoms with van der Waals surface area (Å²) in [5, 5.41) is 5.87. The fraction of sp³-hybridized carbons (Fsp3) is 0.0625. The standard InChI is InChI=1S/C16H13F2N5OS/c1-8-14(15(19)25-23-8)16(24)22-10-3-5-13(20-7-10)21-9-2-4-11(17)12(18)6-9/h2-7H,19H2,1H3,(H,20,21)(H,22,24). The number of rotatable bonds is 4. The van der Waals surface area contributed by atoms with Crippen molar-refractivity contribution in [3.05, 3.63) is 59.4 Å². The maximum Gasteiger partial charge on any atom is 0.260 e. The van der Waals surface area contributed by atoms with Crippen molar-refractivity contribution in [3.8, 4) is 0 Å². The van der Waals surface area contributed by atoms with Crippen molar-refractivity contribution in [1.82, 2.24) is 9.36 Å². The third kappa shape index (κ3) is 3.72. The molecule has 0 saturated heterocycles. The molecule has 0 atom stereocenters. The first kappa shape index (κ1) is 16.8. The number of hydrogen-bond donors (Lipinski definition) is 3. The van der Waals surface area contributed by atoms with E-state index in [1.165, 1.54) is 12.3 Å². The number of carbonyl (C=O) groups excluding carboxylic acids is 1. The number of nitrogens with two attached hydrogens (primary N) is 1. The quantitative estimate of drug-likeness (QED) is 0.659. The molecule has 6 nitrogen and oxygen atoms in total. The van der Waals surface area contributed by atoms with E-state index in [-0.39, 0.29) is 5.91 Å². The minimum absolute atomic E-state index is 0.342. The summed E-state index contributed by atoms with van der Waals surface area (Å²) in [6.07, 6.45) is 1.44. The van der Waals surface area contributed by atoms with Crippen LogP contribution in [0.5, 0.6) is 0 Å². The highest BCUT2D eigenvalue weighted by Gasteiger charge is 2.16. The Labute approximate surface area is 145 Å². The number of nitrogen functional groups attached to an aromatic ring is 1. The van der Waals surface area contributed by atoms with Crippen molar-refractivity contribution in [1.29, 1.82) is 0 Å². The molecule has 1 aromatic carbocycles. The molecule has 2 aromatic heterocycles. The van der Waals surface area contributed by atoms with Crippen molar-refractivity contribution in [2.75, 3.05) is 16.4 Å². The van der Waals surface area contributed by atoms with E-state index in [2.05, 4.69) is 20.0 Å². The summed E-state index contributed by atoms with van der Waals surface area (Å²) >= 11 is 1.06. The summed E-state index contributed by atoms with van der Waals surface area (Å²) in [7, 11) is 0. The van der Waals surface area contributed by atoms with Gasteiger partial charge in [0, 0.05) is 11.8 Å². The van der Waals surface area contributed by atoms with E-state index in [0.29, 0.717) is 33.5 Å². The Morgan fingerprint density at radius 2 is 1.92 bits per heavy atom. The van der Waals surface area contributed by atoms with Gasteiger partial charge in [0.05, 0.1) is 23.1 Å². The lowest BCUT2D eigenvalue weighted by Crippen LogP contribution is -2.14. The minimum atomic E-state index is -0.953. The van der Waals surface area contributed by atoms with Crippen LogP contribution in [-0.2, 0) is 0 Å². The summed E-state index contributed by atoms with van der Waals surface area (Å²) in [6.45, 7) is 1.70. The topological polar surface area (TPSA) is 92.9 Å². The monoisotopic (exact) mass is 361 g/mol. The van der Waals surface area contributed by atoms with Gasteiger partial charge in [-0.3, -0.25) is 4.79 Å². The van der Waals surface area contributed by atoms with E-state index in [4.69, 9.17) is 5.73 Å². The van der Waals surface area contributed by atoms with Crippen molar-refractivity contribution in [2.45, 2.75) is 6.92 Å². The second kappa shape index (κ2) is 6.81. The van der Waals surface area contributed by atoms with Gasteiger partial charge in [0.15, 0.2) is 11.6 Å². The number of carbonyl (C=O) groups is 1. The molecule has 128 valence electrons. The largest absolute Gasteiger partial charge is 0.389 e. The van der Waals surface area contributed by atoms with Crippen LogP contribution >= 0.6 is 11.5 Å². The molecule has 3 rings (SSSR count). The van der Waals surface area contributed by atoms with Gasteiger partial charge >= 0.3 is 0 Å². The Morgan fingerprint density at radius 1 is 1.16 bits per heavy atom. The lowest BCUT2D eigenvalue weighted by atomic mass is 10.2. The number of halogens is 2. The summed E-state index contributed by atoms with van der Waals surface area (Å²) in [5.74, 6) is -1.83. The fourth-order valence-corrected chi connectivity index (χ4v) is 2.78. The first-order valence-corrected chi connectivity index (χ1v) is 7.92. The Balaban J connectivity index is 1.70. The fourth-order valence-electron chi connectivity index (χ4n) is 2.12. The van der Waals surface area contributed by atoms with Crippen LogP contribution in [0.3, 0.4) is 0 Å². The van der Waals surface area contributed by atoms with Gasteiger partial charge in [-0.15, -0.1) is 0 Å². The zero-order chi connectivity index (χ0) is 18.0. The number of nitrogens with one attached hydrogen (secondary N) is 2. The molecule has 0 saturated carbocycles. The average molecular weight is 361 g/mol. The third-order valence-corrected chi connectivity index (χ3v) is 4.10. The molecule has 2 heterocycles. The summed E-state index contributed by atoms with van der Waals surface area (Å²) in [5.41, 5.74) is 7.46. The first-order chi connectivity index (χ1) is 11.9. The highest BCUT2D eigenvalue weighted by atomic mass is 32.1. The predicted molar refractivity (Wildman–Crippen MR) is 93.1 cm³/mol. The van der Waals surface area contributed by atoms with Gasteiger partial charge in [0.1, 0.15) is 10.8 Å². The lowest BCUT2D eigenvalue weighted by Gasteiger charge is -2.08. The molecule has 0 fully saturated rings. The Hall–Kier alpha value is -3.07. The number of aromatic nitrogens is 2. The van der Waals surface area contributed by atoms with Crippen LogP contribution in [-0.4, -0.2) is 15.3 Å². The minimum Gasteiger partial charge on any atom is -0.389 e. The second-order valence-corrected chi connectivity index (χ2v) is 5.95. The van der Waals surface area contributed by atoms with Crippen LogP contribution in [0, 0.1) is 18.6 Å². The highest BCUT2D eigenvalue weighted by molar-refractivity contribution is 7.10. The number of hydrogen-bond acceptors (Lipinski definition) is 6. The summed E-state index contributed by atoms with van der Waals surface area (Å²) in [4.78, 5) is 16.3. The van der Waals surface area contributed by atoms with Crippen LogP contribution < -0.4 is 16.4 Å². The third-order valence-electron chi connectivity index (χ3n) is 3.33. The molecule has 0 aliphatic carbocycles. The summed E-state index contributed by atoms with van der Waals surface area (Å²) in [6, 6.07) is 6.66. The van der Waals surface area contributed by atoms with Gasteiger partial charge in [0.25, 0.3) is 5.91 Å². The SMILES string of the molecule is Cc1nsc(N)c1C(=O)Nc1ccc(Nc2ccc(F)c(F)c2)nc1. The molecule has 3 aromatic rings. The zero-order valence-electron chi connectivity index (χ0n) is 13.0. The van der Waals surface area contributed by atoms with Gasteiger partial charge in [-0.25, -0.2) is 13.8 Å². The molecular weight excluding hydrogens is 348 g/mol. The smallest absolute Gasteiger partial charge is 0.260 e. The lowest BCUT2D eigenvalue weighted by molar-refractivity contribution is 0.102. The van der Waals surface area contributed by atoms with E-state index in [0.717, 1.165) is 23.7 Å². The van der Waals surface area contributed by atoms with Gasteiger partial charge in [-0.1, -0.05) is 0 Å². The van der Waals surface area contributed by atoms with Crippen LogP contribution in [0.4, 0.5) is 31.0 Å². The molecule has 0 radical (unpaired) electrons. The maximum atomic E-state index is 13.2. The highest BCUT2D eigenvalue weighted by Crippen LogP contribution is 2.23. The van der Waals surface area contributed by atoms with Gasteiger partial charge in [-0.05, 0) is 42.7 Å². The summed E-state index contributed by atoms with van der Waals surface area (Å²) < 4.78 is 30.1. The van der Waals surface area contributed by atoms with Crippen molar-refractivity contribution < 1.29 is 13.6 Å². The number of pyridine rings is 1. The van der Waals surface area contributed by atoms with Gasteiger partial charge in [-0.2, -0.15) is 4.37 Å². The zero-order valence-corrected chi connectivity index (χ0v) is 13.8. The van der Waals surface area contributed by atoms with Crippen molar-refractivity contribution in [2.24, 2.45) is 0 Å². The normalized spacial score (nSPS) is 10.5. The van der Waals surface area contributed by atoms with Crippen LogP contribution in [0.2, 0.25) is 0 Å². The van der Waals surface area contributed by atoms with E-state index in [9.17, 15) is 13.6 Å². The van der Waals surface area contributed by atoms with E-state index in [1.54, 1.807) is 19.1 Å². The molecule has 1 amide bonds. The number of benzene rings is 1. The molecule has 9 heteroatoms. The average Bonchev–Trinajstić information content (AvgIpc) is 2.91. The number of anilines is 4. The Kier molecular flexibility index (Phi) is 4.57. The van der Waals surface area contributed by atoms with Crippen LogP contribution in [0.25, 0.3) is 0 Å². The van der Waals surface area contributed by atoms with Crippen LogP contribution in [0.1, 0.15) is 16.1 Å². The molecule has 0 spiro atoms. The number of amides is 1. The number of aryl methyl sites for hydroxylation is 1. The van der Waals surface area contributed by atoms with E-state index in [1.807, 2.05) is 0 Å². The molecule has 25 heavy (non-hydrogen) atoms. The van der Waals surface area contributed by atoms with Crippen LogP contribution in [0.15, 0.2) is 36.5 Å². The predicted octanol–water partition coefficient (Wildman–Crippen LogP) is 3.70. The number of nitrogens with zero attached hydrogens (tertiary/aromatic N) is 2.